The Morgan fingerprint density at radius 1 is 1.56 bits per heavy atom. The summed E-state index contributed by atoms with van der Waals surface area (Å²) in [6.07, 6.45) is 0.132. The summed E-state index contributed by atoms with van der Waals surface area (Å²) in [4.78, 5) is 21.5. The lowest BCUT2D eigenvalue weighted by atomic mass is 10.2. The van der Waals surface area contributed by atoms with E-state index in [0.717, 1.165) is 5.56 Å². The van der Waals surface area contributed by atoms with E-state index in [0.29, 0.717) is 0 Å². The molecule has 1 aromatic rings. The van der Waals surface area contributed by atoms with Crippen molar-refractivity contribution in [2.45, 2.75) is 13.3 Å². The molecule has 0 aliphatic rings. The quantitative estimate of drug-likeness (QED) is 0.501. The number of nitro benzene ring substituents is 1. The van der Waals surface area contributed by atoms with Crippen molar-refractivity contribution in [2.24, 2.45) is 0 Å². The van der Waals surface area contributed by atoms with Crippen molar-refractivity contribution in [3.8, 4) is 0 Å². The summed E-state index contributed by atoms with van der Waals surface area (Å²) in [6.45, 7) is 1.75. The molecule has 86 valence electrons. The molecular formula is C10H11ClN2O3. The third-order valence-electron chi connectivity index (χ3n) is 1.95. The molecule has 0 saturated heterocycles. The molecule has 1 N–H and O–H groups in total. The van der Waals surface area contributed by atoms with Gasteiger partial charge in [0.25, 0.3) is 5.69 Å². The maximum atomic E-state index is 11.3. The van der Waals surface area contributed by atoms with E-state index in [2.05, 4.69) is 5.32 Å². The first-order valence-corrected chi connectivity index (χ1v) is 5.19. The smallest absolute Gasteiger partial charge is 0.293 e. The van der Waals surface area contributed by atoms with Gasteiger partial charge in [0.2, 0.25) is 5.91 Å². The first-order valence-electron chi connectivity index (χ1n) is 4.65. The number of alkyl halides is 1. The van der Waals surface area contributed by atoms with Crippen LogP contribution in [0.3, 0.4) is 0 Å². The second-order valence-corrected chi connectivity index (χ2v) is 3.64. The molecule has 0 heterocycles. The van der Waals surface area contributed by atoms with Gasteiger partial charge in [0, 0.05) is 18.4 Å². The van der Waals surface area contributed by atoms with Crippen molar-refractivity contribution >= 4 is 28.9 Å². The van der Waals surface area contributed by atoms with E-state index in [4.69, 9.17) is 11.6 Å². The van der Waals surface area contributed by atoms with Crippen molar-refractivity contribution in [1.29, 1.82) is 0 Å². The number of nitrogens with one attached hydrogen (secondary N) is 1. The van der Waals surface area contributed by atoms with Gasteiger partial charge in [0.05, 0.1) is 4.92 Å². The van der Waals surface area contributed by atoms with Crippen LogP contribution in [0.2, 0.25) is 0 Å². The Balaban J connectivity index is 2.95. The Kier molecular flexibility index (Phi) is 4.25. The Bertz CT molecular complexity index is 421. The summed E-state index contributed by atoms with van der Waals surface area (Å²) in [6, 6.07) is 4.62. The fraction of sp³-hybridized carbons (Fsp3) is 0.300. The molecule has 5 nitrogen and oxygen atoms in total. The summed E-state index contributed by atoms with van der Waals surface area (Å²) in [5.41, 5.74) is 0.857. The van der Waals surface area contributed by atoms with Crippen molar-refractivity contribution in [2.75, 3.05) is 11.2 Å². The first kappa shape index (κ1) is 12.4. The van der Waals surface area contributed by atoms with Crippen LogP contribution in [0.1, 0.15) is 12.0 Å². The zero-order valence-electron chi connectivity index (χ0n) is 8.70. The number of nitrogens with zero attached hydrogens (tertiary/aromatic N) is 1. The number of rotatable bonds is 4. The average molecular weight is 243 g/mol. The highest BCUT2D eigenvalue weighted by Gasteiger charge is 2.15. The van der Waals surface area contributed by atoms with Crippen LogP contribution >= 0.6 is 11.6 Å². The Labute approximate surface area is 97.6 Å². The van der Waals surface area contributed by atoms with E-state index >= 15 is 0 Å². The Morgan fingerprint density at radius 3 is 2.81 bits per heavy atom. The van der Waals surface area contributed by atoms with E-state index in [9.17, 15) is 14.9 Å². The topological polar surface area (TPSA) is 72.2 Å². The standard InChI is InChI=1S/C10H11ClN2O3/c1-7-2-3-8(9(6-7)13(15)16)12-10(14)4-5-11/h2-3,6H,4-5H2,1H3,(H,12,14). The molecule has 0 atom stereocenters. The number of hydrogen-bond donors (Lipinski definition) is 1. The van der Waals surface area contributed by atoms with Crippen molar-refractivity contribution in [1.82, 2.24) is 0 Å². The van der Waals surface area contributed by atoms with Gasteiger partial charge in [-0.05, 0) is 18.6 Å². The molecule has 0 spiro atoms. The lowest BCUT2D eigenvalue weighted by molar-refractivity contribution is -0.384. The number of carbonyl (C=O) groups excluding carboxylic acids is 1. The molecule has 16 heavy (non-hydrogen) atoms. The third kappa shape index (κ3) is 3.20. The normalized spacial score (nSPS) is 9.88. The van der Waals surface area contributed by atoms with E-state index in [1.807, 2.05) is 0 Å². The highest BCUT2D eigenvalue weighted by atomic mass is 35.5. The highest BCUT2D eigenvalue weighted by molar-refractivity contribution is 6.19. The van der Waals surface area contributed by atoms with Gasteiger partial charge in [-0.25, -0.2) is 0 Å². The SMILES string of the molecule is Cc1ccc(NC(=O)CCCl)c([N+](=O)[O-])c1. The van der Waals surface area contributed by atoms with Gasteiger partial charge in [-0.15, -0.1) is 11.6 Å². The fourth-order valence-electron chi connectivity index (χ4n) is 1.20. The minimum Gasteiger partial charge on any atom is -0.320 e. The number of amides is 1. The van der Waals surface area contributed by atoms with E-state index in [-0.39, 0.29) is 29.6 Å². The number of carbonyl (C=O) groups is 1. The van der Waals surface area contributed by atoms with Gasteiger partial charge in [-0.3, -0.25) is 14.9 Å². The van der Waals surface area contributed by atoms with Crippen LogP contribution in [0.15, 0.2) is 18.2 Å². The first-order chi connectivity index (χ1) is 7.54. The zero-order valence-corrected chi connectivity index (χ0v) is 9.45. The number of aryl methyl sites for hydroxylation is 1. The van der Waals surface area contributed by atoms with Gasteiger partial charge >= 0.3 is 0 Å². The van der Waals surface area contributed by atoms with Crippen molar-refractivity contribution in [3.63, 3.8) is 0 Å². The van der Waals surface area contributed by atoms with Crippen LogP contribution < -0.4 is 5.32 Å². The lowest BCUT2D eigenvalue weighted by Gasteiger charge is -2.05. The van der Waals surface area contributed by atoms with E-state index in [1.165, 1.54) is 12.1 Å². The number of benzene rings is 1. The zero-order chi connectivity index (χ0) is 12.1. The molecule has 1 rings (SSSR count). The number of halogens is 1. The van der Waals surface area contributed by atoms with Crippen molar-refractivity contribution in [3.05, 3.63) is 33.9 Å². The third-order valence-corrected chi connectivity index (χ3v) is 2.13. The van der Waals surface area contributed by atoms with Gasteiger partial charge in [-0.2, -0.15) is 0 Å². The average Bonchev–Trinajstić information content (AvgIpc) is 2.20. The van der Waals surface area contributed by atoms with Crippen LogP contribution in [0.5, 0.6) is 0 Å². The molecule has 0 bridgehead atoms. The highest BCUT2D eigenvalue weighted by Crippen LogP contribution is 2.25. The van der Waals surface area contributed by atoms with E-state index < -0.39 is 4.92 Å². The molecule has 6 heteroatoms. The largest absolute Gasteiger partial charge is 0.320 e. The monoisotopic (exact) mass is 242 g/mol. The fourth-order valence-corrected chi connectivity index (χ4v) is 1.37. The molecule has 0 radical (unpaired) electrons. The minimum absolute atomic E-state index is 0.108. The lowest BCUT2D eigenvalue weighted by Crippen LogP contribution is -2.13. The predicted molar refractivity (Wildman–Crippen MR) is 61.8 cm³/mol. The maximum absolute atomic E-state index is 11.3. The number of hydrogen-bond acceptors (Lipinski definition) is 3. The van der Waals surface area contributed by atoms with E-state index in [1.54, 1.807) is 13.0 Å². The molecule has 0 aliphatic heterocycles. The summed E-state index contributed by atoms with van der Waals surface area (Å²) in [5.74, 6) is -0.146. The maximum Gasteiger partial charge on any atom is 0.293 e. The van der Waals surface area contributed by atoms with Crippen LogP contribution in [0, 0.1) is 17.0 Å². The summed E-state index contributed by atoms with van der Waals surface area (Å²) >= 11 is 5.40. The van der Waals surface area contributed by atoms with Crippen LogP contribution in [-0.4, -0.2) is 16.7 Å². The van der Waals surface area contributed by atoms with Crippen molar-refractivity contribution < 1.29 is 9.72 Å². The molecular weight excluding hydrogens is 232 g/mol. The number of nitro groups is 1. The number of anilines is 1. The molecule has 0 saturated carbocycles. The summed E-state index contributed by atoms with van der Waals surface area (Å²) in [5, 5.41) is 13.2. The van der Waals surface area contributed by atoms with Crippen LogP contribution in [-0.2, 0) is 4.79 Å². The molecule has 0 fully saturated rings. The van der Waals surface area contributed by atoms with Gasteiger partial charge in [0.15, 0.2) is 0 Å². The molecule has 1 amide bonds. The second kappa shape index (κ2) is 5.46. The summed E-state index contributed by atoms with van der Waals surface area (Å²) in [7, 11) is 0. The predicted octanol–water partition coefficient (Wildman–Crippen LogP) is 2.47. The van der Waals surface area contributed by atoms with Crippen LogP contribution in [0.25, 0.3) is 0 Å². The summed E-state index contributed by atoms with van der Waals surface area (Å²) < 4.78 is 0. The Hall–Kier alpha value is -1.62. The Morgan fingerprint density at radius 2 is 2.25 bits per heavy atom. The molecule has 0 aliphatic carbocycles. The minimum atomic E-state index is -0.524. The molecule has 0 aromatic heterocycles. The molecule has 1 aromatic carbocycles. The second-order valence-electron chi connectivity index (χ2n) is 3.26. The van der Waals surface area contributed by atoms with Crippen LogP contribution in [0.4, 0.5) is 11.4 Å². The van der Waals surface area contributed by atoms with Gasteiger partial charge in [0.1, 0.15) is 5.69 Å². The molecule has 0 unspecified atom stereocenters. The van der Waals surface area contributed by atoms with Gasteiger partial charge < -0.3 is 5.32 Å². The van der Waals surface area contributed by atoms with Gasteiger partial charge in [-0.1, -0.05) is 6.07 Å².